The van der Waals surface area contributed by atoms with Crippen molar-refractivity contribution in [2.24, 2.45) is 0 Å². The van der Waals surface area contributed by atoms with Crippen LogP contribution in [0.2, 0.25) is 5.15 Å². The van der Waals surface area contributed by atoms with Crippen LogP contribution in [0, 0.1) is 12.7 Å². The molecule has 0 saturated carbocycles. The van der Waals surface area contributed by atoms with Gasteiger partial charge in [-0.05, 0) is 51.9 Å². The Balaban J connectivity index is 1.53. The molecule has 1 N–H and O–H groups in total. The Hall–Kier alpha value is -3.04. The lowest BCUT2D eigenvalue weighted by Gasteiger charge is -2.24. The van der Waals surface area contributed by atoms with Crippen LogP contribution >= 0.6 is 11.6 Å². The minimum atomic E-state index is -0.474. The van der Waals surface area contributed by atoms with Gasteiger partial charge in [-0.15, -0.1) is 0 Å². The third-order valence-electron chi connectivity index (χ3n) is 5.84. The van der Waals surface area contributed by atoms with Gasteiger partial charge in [0.25, 0.3) is 0 Å². The fraction of sp³-hybridized carbons (Fsp3) is 0.364. The van der Waals surface area contributed by atoms with Gasteiger partial charge in [0.05, 0.1) is 36.0 Å². The molecule has 5 rings (SSSR count). The third kappa shape index (κ3) is 3.82. The van der Waals surface area contributed by atoms with Crippen molar-refractivity contribution in [3.8, 4) is 17.3 Å². The van der Waals surface area contributed by atoms with E-state index in [9.17, 15) is 4.39 Å². The molecular formula is C22H23ClFN7O. The molecule has 0 aliphatic carbocycles. The van der Waals surface area contributed by atoms with E-state index >= 15 is 0 Å². The Morgan fingerprint density at radius 2 is 2.00 bits per heavy atom. The van der Waals surface area contributed by atoms with Gasteiger partial charge in [0.1, 0.15) is 22.7 Å². The molecule has 0 unspecified atom stereocenters. The van der Waals surface area contributed by atoms with Crippen LogP contribution in [0.1, 0.15) is 43.3 Å². The summed E-state index contributed by atoms with van der Waals surface area (Å²) in [4.78, 5) is 13.3. The van der Waals surface area contributed by atoms with E-state index in [2.05, 4.69) is 32.0 Å². The first-order valence-corrected chi connectivity index (χ1v) is 11.0. The number of pyridine rings is 1. The molecule has 10 heteroatoms. The summed E-state index contributed by atoms with van der Waals surface area (Å²) in [6.07, 6.45) is 6.18. The van der Waals surface area contributed by atoms with Crippen molar-refractivity contribution in [1.29, 1.82) is 0 Å². The number of fused-ring (bicyclic) bond motifs is 1. The highest BCUT2D eigenvalue weighted by molar-refractivity contribution is 6.29. The molecule has 32 heavy (non-hydrogen) atoms. The second kappa shape index (κ2) is 8.48. The van der Waals surface area contributed by atoms with Crippen LogP contribution in [0.3, 0.4) is 0 Å². The number of nitrogens with one attached hydrogen (secondary N) is 1. The van der Waals surface area contributed by atoms with Crippen LogP contribution in [-0.4, -0.2) is 42.2 Å². The van der Waals surface area contributed by atoms with Crippen LogP contribution in [0.25, 0.3) is 16.9 Å². The zero-order valence-corrected chi connectivity index (χ0v) is 18.6. The van der Waals surface area contributed by atoms with Gasteiger partial charge in [0.15, 0.2) is 0 Å². The molecular weight excluding hydrogens is 433 g/mol. The fourth-order valence-corrected chi connectivity index (χ4v) is 4.31. The molecule has 0 aromatic carbocycles. The van der Waals surface area contributed by atoms with Gasteiger partial charge >= 0.3 is 6.01 Å². The molecule has 166 valence electrons. The summed E-state index contributed by atoms with van der Waals surface area (Å²) in [5.74, 6) is -0.401. The number of halogens is 2. The van der Waals surface area contributed by atoms with E-state index in [4.69, 9.17) is 21.3 Å². The minimum absolute atomic E-state index is 0.285. The summed E-state index contributed by atoms with van der Waals surface area (Å²) < 4.78 is 23.1. The van der Waals surface area contributed by atoms with Gasteiger partial charge in [0, 0.05) is 17.3 Å². The number of aromatic nitrogens is 6. The first-order valence-electron chi connectivity index (χ1n) is 10.6. The molecule has 1 fully saturated rings. The van der Waals surface area contributed by atoms with E-state index in [0.717, 1.165) is 43.4 Å². The Morgan fingerprint density at radius 1 is 1.19 bits per heavy atom. The Bertz CT molecular complexity index is 1250. The lowest BCUT2D eigenvalue weighted by molar-refractivity contribution is 0.200. The molecule has 1 aliphatic heterocycles. The maximum atomic E-state index is 13.3. The zero-order valence-electron chi connectivity index (χ0n) is 17.8. The summed E-state index contributed by atoms with van der Waals surface area (Å²) in [6, 6.07) is 5.47. The molecule has 0 bridgehead atoms. The average molecular weight is 456 g/mol. The minimum Gasteiger partial charge on any atom is -0.455 e. The standard InChI is InChI=1S/C22H23ClFN7O/c1-13-17(11-28-31(13)16-5-7-25-8-6-16)19-9-21-27-12-20(23)30(21)22(29-19)32-14(2)18-4-3-15(24)10-26-18/h3-4,9-12,14,16,25H,5-8H2,1-2H3/t14-/m1/s1. The van der Waals surface area contributed by atoms with Crippen molar-refractivity contribution < 1.29 is 9.13 Å². The van der Waals surface area contributed by atoms with E-state index < -0.39 is 11.9 Å². The highest BCUT2D eigenvalue weighted by atomic mass is 35.5. The quantitative estimate of drug-likeness (QED) is 0.486. The Kier molecular flexibility index (Phi) is 5.52. The third-order valence-corrected chi connectivity index (χ3v) is 6.11. The summed E-state index contributed by atoms with van der Waals surface area (Å²) in [7, 11) is 0. The molecule has 1 saturated heterocycles. The van der Waals surface area contributed by atoms with Crippen molar-refractivity contribution in [1.82, 2.24) is 34.4 Å². The van der Waals surface area contributed by atoms with Crippen molar-refractivity contribution in [3.05, 3.63) is 59.1 Å². The first-order chi connectivity index (χ1) is 15.5. The summed E-state index contributed by atoms with van der Waals surface area (Å²) in [6.45, 7) is 5.86. The number of rotatable bonds is 5. The van der Waals surface area contributed by atoms with Crippen molar-refractivity contribution in [3.63, 3.8) is 0 Å². The molecule has 0 radical (unpaired) electrons. The summed E-state index contributed by atoms with van der Waals surface area (Å²) in [5, 5.41) is 8.43. The predicted octanol–water partition coefficient (Wildman–Crippen LogP) is 4.15. The average Bonchev–Trinajstić information content (AvgIpc) is 3.37. The lowest BCUT2D eigenvalue weighted by atomic mass is 10.1. The Morgan fingerprint density at radius 3 is 2.75 bits per heavy atom. The molecule has 0 amide bonds. The van der Waals surface area contributed by atoms with E-state index in [1.165, 1.54) is 6.07 Å². The van der Waals surface area contributed by atoms with Gasteiger partial charge in [-0.1, -0.05) is 11.6 Å². The highest BCUT2D eigenvalue weighted by Crippen LogP contribution is 2.31. The lowest BCUT2D eigenvalue weighted by Crippen LogP contribution is -2.30. The molecule has 1 atom stereocenters. The number of hydrogen-bond acceptors (Lipinski definition) is 6. The molecule has 0 spiro atoms. The van der Waals surface area contributed by atoms with Gasteiger partial charge < -0.3 is 10.1 Å². The fourth-order valence-electron chi connectivity index (χ4n) is 4.10. The van der Waals surface area contributed by atoms with E-state index in [1.807, 2.05) is 19.2 Å². The maximum absolute atomic E-state index is 13.3. The maximum Gasteiger partial charge on any atom is 0.304 e. The second-order valence-corrected chi connectivity index (χ2v) is 8.32. The van der Waals surface area contributed by atoms with Crippen molar-refractivity contribution in [2.45, 2.75) is 38.8 Å². The van der Waals surface area contributed by atoms with Crippen LogP contribution in [0.5, 0.6) is 6.01 Å². The first kappa shape index (κ1) is 20.8. The van der Waals surface area contributed by atoms with E-state index in [1.54, 1.807) is 16.7 Å². The molecule has 4 aromatic heterocycles. The largest absolute Gasteiger partial charge is 0.455 e. The number of imidazole rings is 1. The SMILES string of the molecule is Cc1c(-c2cc3ncc(Cl)n3c(O[C@H](C)c3ccc(F)cn3)n2)cnn1C1CCNCC1. The normalized spacial score (nSPS) is 15.9. The monoisotopic (exact) mass is 455 g/mol. The van der Waals surface area contributed by atoms with Gasteiger partial charge in [-0.3, -0.25) is 9.67 Å². The van der Waals surface area contributed by atoms with Crippen LogP contribution in [-0.2, 0) is 0 Å². The van der Waals surface area contributed by atoms with Crippen LogP contribution in [0.15, 0.2) is 36.8 Å². The number of hydrogen-bond donors (Lipinski definition) is 1. The number of nitrogens with zero attached hydrogens (tertiary/aromatic N) is 6. The number of ether oxygens (including phenoxy) is 1. The van der Waals surface area contributed by atoms with Crippen molar-refractivity contribution in [2.75, 3.05) is 13.1 Å². The molecule has 8 nitrogen and oxygen atoms in total. The zero-order chi connectivity index (χ0) is 22.2. The van der Waals surface area contributed by atoms with Crippen LogP contribution < -0.4 is 10.1 Å². The smallest absolute Gasteiger partial charge is 0.304 e. The van der Waals surface area contributed by atoms with E-state index in [0.29, 0.717) is 28.2 Å². The van der Waals surface area contributed by atoms with Gasteiger partial charge in [-0.25, -0.2) is 13.8 Å². The summed E-state index contributed by atoms with van der Waals surface area (Å²) in [5.41, 5.74) is 3.86. The van der Waals surface area contributed by atoms with E-state index in [-0.39, 0.29) is 6.01 Å². The van der Waals surface area contributed by atoms with Gasteiger partial charge in [0.2, 0.25) is 0 Å². The van der Waals surface area contributed by atoms with Crippen LogP contribution in [0.4, 0.5) is 4.39 Å². The Labute approximate surface area is 189 Å². The highest BCUT2D eigenvalue weighted by Gasteiger charge is 2.22. The predicted molar refractivity (Wildman–Crippen MR) is 118 cm³/mol. The summed E-state index contributed by atoms with van der Waals surface area (Å²) >= 11 is 6.36. The molecule has 5 heterocycles. The molecule has 4 aromatic rings. The second-order valence-electron chi connectivity index (χ2n) is 7.93. The number of piperidine rings is 1. The van der Waals surface area contributed by atoms with Crippen molar-refractivity contribution >= 4 is 17.2 Å². The topological polar surface area (TPSA) is 82.2 Å². The molecule has 1 aliphatic rings. The van der Waals surface area contributed by atoms with Gasteiger partial charge in [-0.2, -0.15) is 10.1 Å².